The molecule has 0 saturated heterocycles. The molecular formula is C29H30BrN3O4. The Balaban J connectivity index is 1.89. The zero-order valence-electron chi connectivity index (χ0n) is 21.6. The maximum Gasteiger partial charge on any atom is 0.339 e. The normalized spacial score (nSPS) is 22.4. The molecule has 2 aromatic carbocycles. The number of carbonyl (C=O) groups excluding carboxylic acids is 3. The Kier molecular flexibility index (Phi) is 5.86. The lowest BCUT2D eigenvalue weighted by Gasteiger charge is -2.47. The van der Waals surface area contributed by atoms with Crippen LogP contribution in [0.2, 0.25) is 0 Å². The Hall–Kier alpha value is -3.39. The maximum atomic E-state index is 14.0. The van der Waals surface area contributed by atoms with E-state index in [0.29, 0.717) is 39.4 Å². The first-order chi connectivity index (χ1) is 17.4. The average molecular weight is 564 g/mol. The van der Waals surface area contributed by atoms with Gasteiger partial charge in [0.1, 0.15) is 16.8 Å². The van der Waals surface area contributed by atoms with Gasteiger partial charge in [0.2, 0.25) is 5.91 Å². The number of carbonyl (C=O) groups is 3. The SMILES string of the molecule is COC(=O)C1=C(N)N(c2ccc(C(C)C)cc2)C2=C(C(=O)CC(C)(C)C2)C12C(=O)Nc1ccc(Br)cc12. The van der Waals surface area contributed by atoms with E-state index in [9.17, 15) is 14.4 Å². The number of nitrogens with one attached hydrogen (secondary N) is 1. The van der Waals surface area contributed by atoms with Gasteiger partial charge < -0.3 is 15.8 Å². The fourth-order valence-corrected chi connectivity index (χ4v) is 6.27. The number of ketones is 1. The molecule has 0 saturated carbocycles. The maximum absolute atomic E-state index is 14.0. The fourth-order valence-electron chi connectivity index (χ4n) is 5.91. The molecule has 5 rings (SSSR count). The van der Waals surface area contributed by atoms with Gasteiger partial charge in [0.25, 0.3) is 0 Å². The van der Waals surface area contributed by atoms with Gasteiger partial charge in [-0.2, -0.15) is 0 Å². The summed E-state index contributed by atoms with van der Waals surface area (Å²) in [6, 6.07) is 13.2. The van der Waals surface area contributed by atoms with Crippen LogP contribution in [-0.2, 0) is 24.5 Å². The molecule has 1 unspecified atom stereocenters. The Morgan fingerprint density at radius 1 is 1.11 bits per heavy atom. The molecule has 1 atom stereocenters. The molecule has 8 heteroatoms. The van der Waals surface area contributed by atoms with Gasteiger partial charge in [-0.05, 0) is 53.6 Å². The molecule has 1 spiro atoms. The number of fused-ring (bicyclic) bond motifs is 3. The largest absolute Gasteiger partial charge is 0.466 e. The first-order valence-electron chi connectivity index (χ1n) is 12.3. The number of methoxy groups -OCH3 is 1. The number of Topliss-reactive ketones (excluding diaryl/α,β-unsaturated/α-hetero) is 1. The molecule has 3 N–H and O–H groups in total. The number of benzene rings is 2. The summed E-state index contributed by atoms with van der Waals surface area (Å²) in [5.74, 6) is -1.02. The summed E-state index contributed by atoms with van der Waals surface area (Å²) in [5, 5.41) is 2.90. The highest BCUT2D eigenvalue weighted by Gasteiger charge is 2.63. The van der Waals surface area contributed by atoms with E-state index in [2.05, 4.69) is 35.1 Å². The summed E-state index contributed by atoms with van der Waals surface area (Å²) < 4.78 is 5.91. The van der Waals surface area contributed by atoms with Crippen molar-refractivity contribution in [1.29, 1.82) is 0 Å². The van der Waals surface area contributed by atoms with E-state index in [1.807, 2.05) is 38.1 Å². The van der Waals surface area contributed by atoms with Crippen molar-refractivity contribution < 1.29 is 19.1 Å². The van der Waals surface area contributed by atoms with Crippen LogP contribution in [0, 0.1) is 5.41 Å². The van der Waals surface area contributed by atoms with Crippen molar-refractivity contribution in [1.82, 2.24) is 0 Å². The molecule has 192 valence electrons. The number of hydrogen-bond acceptors (Lipinski definition) is 6. The first kappa shape index (κ1) is 25.3. The highest BCUT2D eigenvalue weighted by Crippen LogP contribution is 2.57. The zero-order valence-corrected chi connectivity index (χ0v) is 23.2. The van der Waals surface area contributed by atoms with Crippen molar-refractivity contribution in [3.8, 4) is 0 Å². The summed E-state index contributed by atoms with van der Waals surface area (Å²) in [5.41, 5.74) is 8.52. The Morgan fingerprint density at radius 3 is 2.41 bits per heavy atom. The van der Waals surface area contributed by atoms with Crippen molar-refractivity contribution in [2.45, 2.75) is 51.9 Å². The molecule has 2 aromatic rings. The van der Waals surface area contributed by atoms with Gasteiger partial charge in [-0.25, -0.2) is 4.79 Å². The van der Waals surface area contributed by atoms with Crippen LogP contribution >= 0.6 is 15.9 Å². The molecule has 0 bridgehead atoms. The first-order valence-corrected chi connectivity index (χ1v) is 13.1. The van der Waals surface area contributed by atoms with E-state index in [1.165, 1.54) is 7.11 Å². The van der Waals surface area contributed by atoms with E-state index in [1.54, 1.807) is 23.1 Å². The molecule has 0 radical (unpaired) electrons. The molecule has 3 aliphatic rings. The standard InChI is InChI=1S/C29H30BrN3O4/c1-15(2)16-6-9-18(10-7-16)33-21-13-28(3,4)14-22(34)23(21)29(24(25(33)31)26(35)37-5)19-12-17(30)8-11-20(19)32-27(29)36/h6-12,15H,13-14,31H2,1-5H3,(H,32,36). The summed E-state index contributed by atoms with van der Waals surface area (Å²) in [7, 11) is 1.25. The van der Waals surface area contributed by atoms with Crippen LogP contribution < -0.4 is 16.0 Å². The van der Waals surface area contributed by atoms with E-state index in [4.69, 9.17) is 10.5 Å². The number of rotatable bonds is 3. The van der Waals surface area contributed by atoms with Crippen LogP contribution in [0.15, 0.2) is 69.6 Å². The Morgan fingerprint density at radius 2 is 1.78 bits per heavy atom. The molecule has 2 aliphatic heterocycles. The van der Waals surface area contributed by atoms with Crippen molar-refractivity contribution in [2.24, 2.45) is 11.1 Å². The van der Waals surface area contributed by atoms with Crippen molar-refractivity contribution in [3.63, 3.8) is 0 Å². The number of ether oxygens (including phenoxy) is 1. The number of esters is 1. The van der Waals surface area contributed by atoms with Crippen LogP contribution in [0.4, 0.5) is 11.4 Å². The van der Waals surface area contributed by atoms with Gasteiger partial charge in [0, 0.05) is 39.1 Å². The molecule has 1 amide bonds. The van der Waals surface area contributed by atoms with Crippen LogP contribution in [-0.4, -0.2) is 24.8 Å². The number of halogens is 1. The average Bonchev–Trinajstić information content (AvgIpc) is 3.09. The van der Waals surface area contributed by atoms with Crippen LogP contribution in [0.1, 0.15) is 57.6 Å². The molecule has 37 heavy (non-hydrogen) atoms. The summed E-state index contributed by atoms with van der Waals surface area (Å²) >= 11 is 3.50. The predicted octanol–water partition coefficient (Wildman–Crippen LogP) is 5.27. The molecule has 2 heterocycles. The molecule has 7 nitrogen and oxygen atoms in total. The molecule has 1 aliphatic carbocycles. The number of nitrogens with two attached hydrogens (primary N) is 1. The van der Waals surface area contributed by atoms with Gasteiger partial charge in [-0.15, -0.1) is 0 Å². The highest BCUT2D eigenvalue weighted by molar-refractivity contribution is 9.10. The molecule has 0 fully saturated rings. The highest BCUT2D eigenvalue weighted by atomic mass is 79.9. The number of allylic oxidation sites excluding steroid dienone is 1. The number of nitrogens with zero attached hydrogens (tertiary/aromatic N) is 1. The third-order valence-corrected chi connectivity index (χ3v) is 8.04. The van der Waals surface area contributed by atoms with Gasteiger partial charge in [0.05, 0.1) is 7.11 Å². The quantitative estimate of drug-likeness (QED) is 0.493. The van der Waals surface area contributed by atoms with Crippen LogP contribution in [0.25, 0.3) is 0 Å². The van der Waals surface area contributed by atoms with Gasteiger partial charge in [0.15, 0.2) is 5.78 Å². The minimum absolute atomic E-state index is 0.0518. The van der Waals surface area contributed by atoms with Gasteiger partial charge >= 0.3 is 5.97 Å². The lowest BCUT2D eigenvalue weighted by Crippen LogP contribution is -2.54. The van der Waals surface area contributed by atoms with E-state index in [-0.39, 0.29) is 34.6 Å². The van der Waals surface area contributed by atoms with Crippen molar-refractivity contribution in [3.05, 3.63) is 80.7 Å². The third-order valence-electron chi connectivity index (χ3n) is 7.55. The summed E-state index contributed by atoms with van der Waals surface area (Å²) in [6.45, 7) is 8.27. The lowest BCUT2D eigenvalue weighted by molar-refractivity contribution is -0.138. The van der Waals surface area contributed by atoms with Crippen LogP contribution in [0.5, 0.6) is 0 Å². The number of anilines is 2. The number of hydrogen-bond donors (Lipinski definition) is 2. The lowest BCUT2D eigenvalue weighted by atomic mass is 9.60. The third kappa shape index (κ3) is 3.64. The summed E-state index contributed by atoms with van der Waals surface area (Å²) in [4.78, 5) is 43.3. The minimum Gasteiger partial charge on any atom is -0.466 e. The van der Waals surface area contributed by atoms with E-state index in [0.717, 1.165) is 5.56 Å². The summed E-state index contributed by atoms with van der Waals surface area (Å²) in [6.07, 6.45) is 0.728. The predicted molar refractivity (Wildman–Crippen MR) is 146 cm³/mol. The fraction of sp³-hybridized carbons (Fsp3) is 0.345. The number of amides is 1. The second kappa shape index (κ2) is 8.58. The minimum atomic E-state index is -1.71. The topological polar surface area (TPSA) is 102 Å². The Bertz CT molecular complexity index is 1420. The smallest absolute Gasteiger partial charge is 0.339 e. The van der Waals surface area contributed by atoms with Crippen LogP contribution in [0.3, 0.4) is 0 Å². The Labute approximate surface area is 224 Å². The second-order valence-electron chi connectivity index (χ2n) is 11.0. The molecular weight excluding hydrogens is 534 g/mol. The van der Waals surface area contributed by atoms with Gasteiger partial charge in [-0.3, -0.25) is 14.5 Å². The van der Waals surface area contributed by atoms with Crippen molar-refractivity contribution in [2.75, 3.05) is 17.3 Å². The monoisotopic (exact) mass is 563 g/mol. The molecule has 0 aromatic heterocycles. The zero-order chi connectivity index (χ0) is 26.9. The van der Waals surface area contributed by atoms with E-state index >= 15 is 0 Å². The second-order valence-corrected chi connectivity index (χ2v) is 11.9. The van der Waals surface area contributed by atoms with Gasteiger partial charge in [-0.1, -0.05) is 55.8 Å². The van der Waals surface area contributed by atoms with E-state index < -0.39 is 17.3 Å². The van der Waals surface area contributed by atoms with Crippen molar-refractivity contribution >= 4 is 45.0 Å².